The van der Waals surface area contributed by atoms with Crippen molar-refractivity contribution in [3.05, 3.63) is 34.6 Å². The maximum Gasteiger partial charge on any atom is 0.522 e. The molecule has 6 nitrogen and oxygen atoms in total. The number of para-hydroxylation sites is 1. The number of benzene rings is 1. The van der Waals surface area contributed by atoms with Crippen molar-refractivity contribution in [2.75, 3.05) is 12.4 Å². The van der Waals surface area contributed by atoms with Crippen LogP contribution in [0.25, 0.3) is 16.7 Å². The van der Waals surface area contributed by atoms with Crippen molar-refractivity contribution < 1.29 is 17.9 Å². The van der Waals surface area contributed by atoms with E-state index in [-0.39, 0.29) is 11.3 Å². The third kappa shape index (κ3) is 3.04. The summed E-state index contributed by atoms with van der Waals surface area (Å²) in [6.45, 7) is -0.493. The first-order valence-electron chi connectivity index (χ1n) is 6.55. The third-order valence-electron chi connectivity index (χ3n) is 3.18. The first-order chi connectivity index (χ1) is 10.9. The van der Waals surface area contributed by atoms with Crippen molar-refractivity contribution in [3.8, 4) is 0 Å². The van der Waals surface area contributed by atoms with Crippen molar-refractivity contribution in [3.63, 3.8) is 0 Å². The largest absolute Gasteiger partial charge is 0.522 e. The second kappa shape index (κ2) is 5.85. The average molecular weight is 344 g/mol. The monoisotopic (exact) mass is 344 g/mol. The molecule has 0 saturated carbocycles. The Hall–Kier alpha value is -2.07. The van der Waals surface area contributed by atoms with Crippen LogP contribution in [0.4, 0.5) is 13.2 Å². The predicted molar refractivity (Wildman–Crippen MR) is 78.5 cm³/mol. The number of rotatable bonds is 4. The fourth-order valence-electron chi connectivity index (χ4n) is 2.20. The summed E-state index contributed by atoms with van der Waals surface area (Å²) >= 11 is 1.08. The van der Waals surface area contributed by atoms with Gasteiger partial charge in [-0.1, -0.05) is 23.9 Å². The number of alkyl halides is 3. The van der Waals surface area contributed by atoms with Crippen molar-refractivity contribution in [1.29, 1.82) is 0 Å². The number of aromatic nitrogens is 4. The van der Waals surface area contributed by atoms with Gasteiger partial charge in [0.15, 0.2) is 5.16 Å². The molecule has 0 radical (unpaired) electrons. The maximum absolute atomic E-state index is 12.3. The van der Waals surface area contributed by atoms with Gasteiger partial charge in [0, 0.05) is 12.8 Å². The van der Waals surface area contributed by atoms with Gasteiger partial charge in [-0.25, -0.2) is 0 Å². The van der Waals surface area contributed by atoms with Gasteiger partial charge in [0.05, 0.1) is 17.5 Å². The summed E-state index contributed by atoms with van der Waals surface area (Å²) in [6.07, 6.45) is -4.65. The van der Waals surface area contributed by atoms with Crippen LogP contribution in [0.1, 0.15) is 0 Å². The lowest BCUT2D eigenvalue weighted by Gasteiger charge is -2.08. The third-order valence-corrected chi connectivity index (χ3v) is 4.07. The zero-order valence-corrected chi connectivity index (χ0v) is 12.7. The summed E-state index contributed by atoms with van der Waals surface area (Å²) < 4.78 is 42.7. The number of hydrogen-bond donors (Lipinski definition) is 0. The molecule has 0 bridgehead atoms. The summed E-state index contributed by atoms with van der Waals surface area (Å²) in [5.41, 5.74) is 0.396. The van der Waals surface area contributed by atoms with Crippen LogP contribution < -0.4 is 5.56 Å². The fourth-order valence-corrected chi connectivity index (χ4v) is 2.95. The van der Waals surface area contributed by atoms with Crippen molar-refractivity contribution in [2.45, 2.75) is 11.5 Å². The van der Waals surface area contributed by atoms with Gasteiger partial charge in [-0.05, 0) is 12.1 Å². The second-order valence-electron chi connectivity index (χ2n) is 4.64. The van der Waals surface area contributed by atoms with Gasteiger partial charge in [0.25, 0.3) is 5.56 Å². The molecule has 0 unspecified atom stereocenters. The van der Waals surface area contributed by atoms with Crippen LogP contribution >= 0.6 is 11.8 Å². The van der Waals surface area contributed by atoms with E-state index in [2.05, 4.69) is 14.9 Å². The zero-order valence-electron chi connectivity index (χ0n) is 11.9. The summed E-state index contributed by atoms with van der Waals surface area (Å²) in [5.74, 6) is 0.380. The SMILES string of the molecule is Cn1c(=O)c2ccccc2n2c(SCCOC(F)(F)F)nnc12. The van der Waals surface area contributed by atoms with E-state index >= 15 is 0 Å². The van der Waals surface area contributed by atoms with E-state index in [1.807, 2.05) is 0 Å². The minimum atomic E-state index is -4.65. The molecule has 3 aromatic rings. The van der Waals surface area contributed by atoms with Crippen molar-refractivity contribution >= 4 is 28.4 Å². The Morgan fingerprint density at radius 1 is 1.26 bits per heavy atom. The van der Waals surface area contributed by atoms with E-state index in [0.29, 0.717) is 21.8 Å². The number of thioether (sulfide) groups is 1. The number of ether oxygens (including phenoxy) is 1. The van der Waals surface area contributed by atoms with Crippen LogP contribution in [0.15, 0.2) is 34.2 Å². The highest BCUT2D eigenvalue weighted by atomic mass is 32.2. The van der Waals surface area contributed by atoms with Crippen LogP contribution in [0.3, 0.4) is 0 Å². The molecule has 0 aliphatic heterocycles. The van der Waals surface area contributed by atoms with Crippen molar-refractivity contribution in [2.24, 2.45) is 7.05 Å². The highest BCUT2D eigenvalue weighted by molar-refractivity contribution is 7.99. The molecule has 0 saturated heterocycles. The Kier molecular flexibility index (Phi) is 4.02. The highest BCUT2D eigenvalue weighted by Gasteiger charge is 2.28. The van der Waals surface area contributed by atoms with Gasteiger partial charge >= 0.3 is 6.36 Å². The lowest BCUT2D eigenvalue weighted by molar-refractivity contribution is -0.322. The fraction of sp³-hybridized carbons (Fsp3) is 0.308. The van der Waals surface area contributed by atoms with Crippen LogP contribution in [-0.2, 0) is 11.8 Å². The first kappa shape index (κ1) is 15.8. The number of hydrogen-bond acceptors (Lipinski definition) is 5. The lowest BCUT2D eigenvalue weighted by atomic mass is 10.2. The van der Waals surface area contributed by atoms with Crippen LogP contribution in [0.5, 0.6) is 0 Å². The molecular weight excluding hydrogens is 333 g/mol. The summed E-state index contributed by atoms with van der Waals surface area (Å²) in [4.78, 5) is 12.3. The number of nitrogens with zero attached hydrogens (tertiary/aromatic N) is 4. The molecule has 0 aliphatic carbocycles. The Morgan fingerprint density at radius 3 is 2.74 bits per heavy atom. The minimum absolute atomic E-state index is 0.0530. The molecule has 0 atom stereocenters. The molecule has 23 heavy (non-hydrogen) atoms. The van der Waals surface area contributed by atoms with Crippen LogP contribution in [-0.4, -0.2) is 37.9 Å². The van der Waals surface area contributed by atoms with Gasteiger partial charge in [-0.2, -0.15) is 0 Å². The molecule has 2 heterocycles. The average Bonchev–Trinajstić information content (AvgIpc) is 2.92. The quantitative estimate of drug-likeness (QED) is 0.536. The molecule has 122 valence electrons. The standard InChI is InChI=1S/C13H11F3N4O2S/c1-19-10(21)8-4-2-3-5-9(8)20-11(19)17-18-12(20)23-7-6-22-13(14,15)16/h2-5H,6-7H2,1H3. The van der Waals surface area contributed by atoms with Gasteiger partial charge in [0.2, 0.25) is 5.78 Å². The summed E-state index contributed by atoms with van der Waals surface area (Å²) in [7, 11) is 1.57. The van der Waals surface area contributed by atoms with Gasteiger partial charge in [-0.15, -0.1) is 23.4 Å². The van der Waals surface area contributed by atoms with Crippen molar-refractivity contribution in [1.82, 2.24) is 19.2 Å². The summed E-state index contributed by atoms with van der Waals surface area (Å²) in [5, 5.41) is 8.79. The van der Waals surface area contributed by atoms with E-state index in [4.69, 9.17) is 0 Å². The molecule has 0 spiro atoms. The van der Waals surface area contributed by atoms with Gasteiger partial charge in [0.1, 0.15) is 0 Å². The smallest absolute Gasteiger partial charge is 0.291 e. The van der Waals surface area contributed by atoms with E-state index < -0.39 is 13.0 Å². The molecule has 2 aromatic heterocycles. The lowest BCUT2D eigenvalue weighted by Crippen LogP contribution is -2.20. The molecule has 0 amide bonds. The first-order valence-corrected chi connectivity index (χ1v) is 7.53. The Morgan fingerprint density at radius 2 is 2.00 bits per heavy atom. The molecule has 10 heteroatoms. The Balaban J connectivity index is 1.98. The van der Waals surface area contributed by atoms with Crippen LogP contribution in [0, 0.1) is 0 Å². The number of halogens is 3. The highest BCUT2D eigenvalue weighted by Crippen LogP contribution is 2.22. The molecule has 0 aliphatic rings. The molecule has 0 N–H and O–H groups in total. The minimum Gasteiger partial charge on any atom is -0.291 e. The maximum atomic E-state index is 12.3. The second-order valence-corrected chi connectivity index (χ2v) is 5.70. The number of aryl methyl sites for hydroxylation is 1. The Bertz CT molecular complexity index is 919. The van der Waals surface area contributed by atoms with E-state index in [1.54, 1.807) is 35.7 Å². The molecule has 3 rings (SSSR count). The zero-order chi connectivity index (χ0) is 16.6. The van der Waals surface area contributed by atoms with Gasteiger partial charge in [-0.3, -0.25) is 18.5 Å². The van der Waals surface area contributed by atoms with E-state index in [1.165, 1.54) is 4.57 Å². The normalized spacial score (nSPS) is 12.3. The summed E-state index contributed by atoms with van der Waals surface area (Å²) in [6, 6.07) is 6.92. The Labute approximate surface area is 131 Å². The van der Waals surface area contributed by atoms with Gasteiger partial charge < -0.3 is 0 Å². The predicted octanol–water partition coefficient (Wildman–Crippen LogP) is 2.21. The van der Waals surface area contributed by atoms with E-state index in [0.717, 1.165) is 11.8 Å². The molecule has 1 aromatic carbocycles. The van der Waals surface area contributed by atoms with E-state index in [9.17, 15) is 18.0 Å². The van der Waals surface area contributed by atoms with Crippen LogP contribution in [0.2, 0.25) is 0 Å². The molecular formula is C13H11F3N4O2S. The topological polar surface area (TPSA) is 61.4 Å². The number of fused-ring (bicyclic) bond motifs is 3. The molecule has 0 fully saturated rings.